The fourth-order valence-corrected chi connectivity index (χ4v) is 7.85. The lowest BCUT2D eigenvalue weighted by molar-refractivity contribution is -0.215. The molecule has 7 unspecified atom stereocenters. The third kappa shape index (κ3) is 11.3. The summed E-state index contributed by atoms with van der Waals surface area (Å²) in [6.07, 6.45) is -2.29. The second-order valence-corrected chi connectivity index (χ2v) is 13.4. The van der Waals surface area contributed by atoms with E-state index in [2.05, 4.69) is 37.3 Å². The molecule has 38 heavy (non-hydrogen) atoms. The second-order valence-electron chi connectivity index (χ2n) is 6.92. The Morgan fingerprint density at radius 2 is 1.50 bits per heavy atom. The summed E-state index contributed by atoms with van der Waals surface area (Å²) in [4.78, 5) is 32.0. The van der Waals surface area contributed by atoms with Crippen molar-refractivity contribution in [1.82, 2.24) is 0 Å². The van der Waals surface area contributed by atoms with Gasteiger partial charge in [-0.2, -0.15) is 8.62 Å². The van der Waals surface area contributed by atoms with E-state index in [-0.39, 0.29) is 12.2 Å². The van der Waals surface area contributed by atoms with Crippen molar-refractivity contribution in [2.75, 3.05) is 27.9 Å². The van der Waals surface area contributed by atoms with E-state index in [1.165, 1.54) is 24.3 Å². The van der Waals surface area contributed by atoms with Gasteiger partial charge >= 0.3 is 31.3 Å². The van der Waals surface area contributed by atoms with Gasteiger partial charge in [-0.3, -0.25) is 13.9 Å². The summed E-state index contributed by atoms with van der Waals surface area (Å²) >= 11 is 5.77. The van der Waals surface area contributed by atoms with Crippen LogP contribution in [0.3, 0.4) is 0 Å². The highest BCUT2D eigenvalue weighted by Gasteiger charge is 2.49. The van der Waals surface area contributed by atoms with E-state index in [1.54, 1.807) is 7.85 Å². The van der Waals surface area contributed by atoms with Gasteiger partial charge < -0.3 is 14.2 Å². The summed E-state index contributed by atoms with van der Waals surface area (Å²) in [7, 11) is -16.4. The minimum absolute atomic E-state index is 0.0149. The average Bonchev–Trinajstić information content (AvgIpc) is 3.11. The van der Waals surface area contributed by atoms with E-state index in [9.17, 15) is 28.0 Å². The fraction of sp³-hybridized carbons (Fsp3) is 0.571. The number of rotatable bonds is 17. The molecule has 18 nitrogen and oxygen atoms in total. The highest BCUT2D eigenvalue weighted by atomic mass is 35.5. The van der Waals surface area contributed by atoms with Crippen LogP contribution in [0.1, 0.15) is 6.42 Å². The van der Waals surface area contributed by atoms with Crippen LogP contribution in [0, 0.1) is 0 Å². The molecule has 1 aromatic rings. The van der Waals surface area contributed by atoms with Gasteiger partial charge in [-0.25, -0.2) is 32.9 Å². The molecule has 1 heterocycles. The number of hydrogen-bond donors (Lipinski definition) is 2. The van der Waals surface area contributed by atoms with Crippen molar-refractivity contribution in [1.29, 1.82) is 0 Å². The lowest BCUT2D eigenvalue weighted by atomic mass is 9.96. The van der Waals surface area contributed by atoms with E-state index >= 15 is 0 Å². The molecular formula is C14H24BClO18P4. The molecular weight excluding hydrogens is 626 g/mol. The first-order valence-electron chi connectivity index (χ1n) is 10.0. The SMILES string of the molecule is BC1CC(OP(=O)(O)Oc2ccc(Cl)cc2)C(COP(=O)(OOC)OP(=O)(OOC)OP(=O)(O)OOC)O1. The molecule has 0 radical (unpaired) electrons. The Morgan fingerprint density at radius 1 is 0.921 bits per heavy atom. The zero-order chi connectivity index (χ0) is 28.6. The molecule has 0 spiro atoms. The second kappa shape index (κ2) is 14.6. The third-order valence-corrected chi connectivity index (χ3v) is 9.91. The Hall–Kier alpha value is -0.225. The maximum absolute atomic E-state index is 13.0. The quantitative estimate of drug-likeness (QED) is 0.107. The fourth-order valence-electron chi connectivity index (χ4n) is 2.80. The van der Waals surface area contributed by atoms with E-state index in [0.717, 1.165) is 21.3 Å². The lowest BCUT2D eigenvalue weighted by Gasteiger charge is -2.24. The number of phosphoric ester groups is 1. The van der Waals surface area contributed by atoms with Gasteiger partial charge in [-0.15, -0.1) is 14.0 Å². The van der Waals surface area contributed by atoms with Crippen molar-refractivity contribution in [3.8, 4) is 5.75 Å². The van der Waals surface area contributed by atoms with E-state index < -0.39 is 56.1 Å². The molecule has 2 rings (SSSR count). The van der Waals surface area contributed by atoms with Crippen LogP contribution in [0.15, 0.2) is 24.3 Å². The molecule has 2 N–H and O–H groups in total. The predicted molar refractivity (Wildman–Crippen MR) is 126 cm³/mol. The van der Waals surface area contributed by atoms with Crippen molar-refractivity contribution in [2.24, 2.45) is 0 Å². The van der Waals surface area contributed by atoms with Crippen LogP contribution < -0.4 is 4.52 Å². The minimum atomic E-state index is -5.41. The number of ether oxygens (including phenoxy) is 1. The Morgan fingerprint density at radius 3 is 2.08 bits per heavy atom. The lowest BCUT2D eigenvalue weighted by Crippen LogP contribution is -2.29. The Bertz CT molecular complexity index is 1090. The Labute approximate surface area is 222 Å². The van der Waals surface area contributed by atoms with Gasteiger partial charge in [0.1, 0.15) is 25.8 Å². The zero-order valence-corrected chi connectivity index (χ0v) is 24.4. The van der Waals surface area contributed by atoms with Gasteiger partial charge in [-0.05, 0) is 30.7 Å². The Kier molecular flexibility index (Phi) is 13.1. The molecule has 0 amide bonds. The predicted octanol–water partition coefficient (Wildman–Crippen LogP) is 3.05. The number of hydrogen-bond acceptors (Lipinski definition) is 16. The summed E-state index contributed by atoms with van der Waals surface area (Å²) < 4.78 is 92.0. The molecule has 218 valence electrons. The van der Waals surface area contributed by atoms with Crippen LogP contribution in [0.4, 0.5) is 0 Å². The first-order valence-corrected chi connectivity index (χ1v) is 16.3. The number of phosphoric acid groups is 4. The van der Waals surface area contributed by atoms with Crippen molar-refractivity contribution in [2.45, 2.75) is 24.6 Å². The molecule has 1 fully saturated rings. The van der Waals surface area contributed by atoms with Crippen molar-refractivity contribution in [3.05, 3.63) is 29.3 Å². The van der Waals surface area contributed by atoms with Gasteiger partial charge in [-0.1, -0.05) is 11.6 Å². The van der Waals surface area contributed by atoms with Crippen LogP contribution in [0.2, 0.25) is 5.02 Å². The highest BCUT2D eigenvalue weighted by Crippen LogP contribution is 2.72. The Balaban J connectivity index is 2.13. The van der Waals surface area contributed by atoms with Gasteiger partial charge in [0.05, 0.1) is 27.9 Å². The topological polar surface area (TPSA) is 219 Å². The molecule has 7 atom stereocenters. The summed E-state index contributed by atoms with van der Waals surface area (Å²) in [6.45, 7) is -0.755. The molecule has 0 bridgehead atoms. The molecule has 0 aromatic heterocycles. The van der Waals surface area contributed by atoms with Gasteiger partial charge in [0, 0.05) is 11.0 Å². The van der Waals surface area contributed by atoms with Crippen LogP contribution in [-0.2, 0) is 69.4 Å². The maximum Gasteiger partial charge on any atom is 0.527 e. The van der Waals surface area contributed by atoms with E-state index in [4.69, 9.17) is 29.9 Å². The summed E-state index contributed by atoms with van der Waals surface area (Å²) in [5, 5.41) is 0.366. The van der Waals surface area contributed by atoms with Crippen LogP contribution in [0.25, 0.3) is 0 Å². The molecule has 1 saturated heterocycles. The smallest absolute Gasteiger partial charge is 0.404 e. The van der Waals surface area contributed by atoms with Crippen molar-refractivity contribution < 1.29 is 83.7 Å². The van der Waals surface area contributed by atoms with Gasteiger partial charge in [0.2, 0.25) is 0 Å². The standard InChI is InChI=1S/C14H24BClO18P4/c1-23-30-36(19,20)33-38(22,32-25-3)34-37(21,31-24-2)26-9-13-12(8-14(15)27-13)29-35(17,18)28-11-6-4-10(16)5-7-11/h4-7,12-14H,8-9,15H2,1-3H3,(H,17,18)(H,19,20). The van der Waals surface area contributed by atoms with Gasteiger partial charge in [0.15, 0.2) is 0 Å². The van der Waals surface area contributed by atoms with Crippen molar-refractivity contribution in [3.63, 3.8) is 0 Å². The summed E-state index contributed by atoms with van der Waals surface area (Å²) in [5.41, 5.74) is 0. The zero-order valence-electron chi connectivity index (χ0n) is 20.0. The van der Waals surface area contributed by atoms with E-state index in [0.29, 0.717) is 5.02 Å². The molecule has 1 aliphatic rings. The third-order valence-electron chi connectivity index (χ3n) is 3.99. The molecule has 24 heteroatoms. The van der Waals surface area contributed by atoms with Crippen LogP contribution >= 0.6 is 42.9 Å². The normalized spacial score (nSPS) is 26.1. The van der Waals surface area contributed by atoms with Crippen molar-refractivity contribution >= 4 is 50.7 Å². The molecule has 0 saturated carbocycles. The average molecular weight is 650 g/mol. The van der Waals surface area contributed by atoms with Crippen LogP contribution in [-0.4, -0.2) is 63.8 Å². The summed E-state index contributed by atoms with van der Waals surface area (Å²) in [5.74, 6) is -0.0149. The highest BCUT2D eigenvalue weighted by molar-refractivity contribution is 7.67. The largest absolute Gasteiger partial charge is 0.527 e. The van der Waals surface area contributed by atoms with Gasteiger partial charge in [0.25, 0.3) is 0 Å². The number of benzene rings is 1. The first kappa shape index (κ1) is 34.0. The molecule has 0 aliphatic carbocycles. The molecule has 1 aliphatic heterocycles. The monoisotopic (exact) mass is 650 g/mol. The molecule has 1 aromatic carbocycles. The number of halogens is 1. The van der Waals surface area contributed by atoms with E-state index in [1.807, 2.05) is 0 Å². The van der Waals surface area contributed by atoms with Crippen LogP contribution in [0.5, 0.6) is 5.75 Å². The minimum Gasteiger partial charge on any atom is -0.404 e. The maximum atomic E-state index is 13.0. The first-order chi connectivity index (χ1) is 17.6. The summed E-state index contributed by atoms with van der Waals surface area (Å²) in [6, 6.07) is 4.99.